The van der Waals surface area contributed by atoms with E-state index < -0.39 is 0 Å². The van der Waals surface area contributed by atoms with Gasteiger partial charge in [-0.2, -0.15) is 0 Å². The van der Waals surface area contributed by atoms with Crippen molar-refractivity contribution in [1.29, 1.82) is 0 Å². The summed E-state index contributed by atoms with van der Waals surface area (Å²) in [7, 11) is 0. The van der Waals surface area contributed by atoms with Crippen LogP contribution in [0, 0.1) is 0 Å². The van der Waals surface area contributed by atoms with Crippen LogP contribution in [-0.2, 0) is 9.47 Å². The van der Waals surface area contributed by atoms with Crippen molar-refractivity contribution in [1.82, 2.24) is 0 Å². The Labute approximate surface area is 123 Å². The van der Waals surface area contributed by atoms with E-state index in [4.69, 9.17) is 26.8 Å². The number of benzene rings is 2. The molecule has 3 rings (SSSR count). The van der Waals surface area contributed by atoms with Gasteiger partial charge >= 0.3 is 0 Å². The Bertz CT molecular complexity index is 579. The van der Waals surface area contributed by atoms with Gasteiger partial charge in [0.05, 0.1) is 19.3 Å². The molecule has 4 heteroatoms. The van der Waals surface area contributed by atoms with Crippen LogP contribution in [0.4, 0.5) is 0 Å². The minimum absolute atomic E-state index is 0.186. The van der Waals surface area contributed by atoms with Crippen LogP contribution in [0.3, 0.4) is 0 Å². The fourth-order valence-corrected chi connectivity index (χ4v) is 2.44. The maximum Gasteiger partial charge on any atom is 0.184 e. The Kier molecular flexibility index (Phi) is 4.03. The molecule has 1 aliphatic heterocycles. The Morgan fingerprint density at radius 1 is 1.00 bits per heavy atom. The molecule has 1 aliphatic rings. The van der Waals surface area contributed by atoms with Crippen molar-refractivity contribution in [3.8, 4) is 0 Å². The quantitative estimate of drug-likeness (QED) is 0.941. The first kappa shape index (κ1) is 13.6. The summed E-state index contributed by atoms with van der Waals surface area (Å²) < 4.78 is 11.0. The lowest BCUT2D eigenvalue weighted by molar-refractivity contribution is -0.0441. The average molecular weight is 290 g/mol. The minimum Gasteiger partial charge on any atom is -0.346 e. The van der Waals surface area contributed by atoms with Crippen LogP contribution in [0.25, 0.3) is 0 Å². The lowest BCUT2D eigenvalue weighted by Crippen LogP contribution is -2.12. The Morgan fingerprint density at radius 2 is 1.70 bits per heavy atom. The van der Waals surface area contributed by atoms with Crippen LogP contribution < -0.4 is 5.73 Å². The third-order valence-corrected chi connectivity index (χ3v) is 3.64. The number of hydrogen-bond donors (Lipinski definition) is 1. The first-order valence-electron chi connectivity index (χ1n) is 6.58. The van der Waals surface area contributed by atoms with Gasteiger partial charge < -0.3 is 15.2 Å². The van der Waals surface area contributed by atoms with Gasteiger partial charge in [0.15, 0.2) is 6.29 Å². The highest BCUT2D eigenvalue weighted by Gasteiger charge is 2.19. The van der Waals surface area contributed by atoms with E-state index in [0.29, 0.717) is 18.2 Å². The van der Waals surface area contributed by atoms with Gasteiger partial charge in [-0.1, -0.05) is 41.9 Å². The van der Waals surface area contributed by atoms with Gasteiger partial charge in [-0.15, -0.1) is 0 Å². The number of rotatable bonds is 3. The molecule has 0 saturated carbocycles. The standard InChI is InChI=1S/C16H16ClNO2/c17-14-6-4-11(5-7-14)15(18)12-2-1-3-13(10-12)16-19-8-9-20-16/h1-7,10,15-16H,8-9,18H2. The Hall–Kier alpha value is -1.39. The van der Waals surface area contributed by atoms with Crippen LogP contribution in [0.5, 0.6) is 0 Å². The Balaban J connectivity index is 1.85. The van der Waals surface area contributed by atoms with Gasteiger partial charge in [0.25, 0.3) is 0 Å². The summed E-state index contributed by atoms with van der Waals surface area (Å²) in [5, 5.41) is 0.711. The summed E-state index contributed by atoms with van der Waals surface area (Å²) in [6, 6.07) is 15.4. The normalized spacial score (nSPS) is 17.3. The van der Waals surface area contributed by atoms with E-state index in [1.807, 2.05) is 48.5 Å². The molecule has 2 N–H and O–H groups in total. The molecule has 1 unspecified atom stereocenters. The molecule has 1 atom stereocenters. The van der Waals surface area contributed by atoms with Gasteiger partial charge in [0, 0.05) is 10.6 Å². The van der Waals surface area contributed by atoms with Crippen molar-refractivity contribution >= 4 is 11.6 Å². The smallest absolute Gasteiger partial charge is 0.184 e. The molecular formula is C16H16ClNO2. The zero-order valence-electron chi connectivity index (χ0n) is 11.0. The van der Waals surface area contributed by atoms with Crippen molar-refractivity contribution in [2.45, 2.75) is 12.3 Å². The Morgan fingerprint density at radius 3 is 2.40 bits per heavy atom. The van der Waals surface area contributed by atoms with E-state index in [1.165, 1.54) is 0 Å². The van der Waals surface area contributed by atoms with E-state index >= 15 is 0 Å². The fourth-order valence-electron chi connectivity index (χ4n) is 2.31. The second-order valence-electron chi connectivity index (χ2n) is 4.77. The minimum atomic E-state index is -0.271. The number of ether oxygens (including phenoxy) is 2. The van der Waals surface area contributed by atoms with Crippen LogP contribution in [0.1, 0.15) is 29.0 Å². The topological polar surface area (TPSA) is 44.5 Å². The van der Waals surface area contributed by atoms with Crippen molar-refractivity contribution in [2.24, 2.45) is 5.73 Å². The molecule has 1 fully saturated rings. The molecule has 0 aliphatic carbocycles. The fraction of sp³-hybridized carbons (Fsp3) is 0.250. The number of nitrogens with two attached hydrogens (primary N) is 1. The van der Waals surface area contributed by atoms with Crippen LogP contribution in [0.2, 0.25) is 5.02 Å². The molecule has 0 spiro atoms. The number of hydrogen-bond acceptors (Lipinski definition) is 3. The van der Waals surface area contributed by atoms with E-state index in [0.717, 1.165) is 16.7 Å². The molecule has 20 heavy (non-hydrogen) atoms. The second-order valence-corrected chi connectivity index (χ2v) is 5.21. The molecule has 1 heterocycles. The lowest BCUT2D eigenvalue weighted by atomic mass is 9.98. The summed E-state index contributed by atoms with van der Waals surface area (Å²) in [6.45, 7) is 1.27. The zero-order chi connectivity index (χ0) is 13.9. The predicted molar refractivity (Wildman–Crippen MR) is 78.6 cm³/mol. The van der Waals surface area contributed by atoms with E-state index in [1.54, 1.807) is 0 Å². The van der Waals surface area contributed by atoms with Crippen LogP contribution in [-0.4, -0.2) is 13.2 Å². The molecule has 0 amide bonds. The predicted octanol–water partition coefficient (Wildman–Crippen LogP) is 3.43. The maximum atomic E-state index is 6.31. The summed E-state index contributed by atoms with van der Waals surface area (Å²) in [5.41, 5.74) is 9.37. The van der Waals surface area contributed by atoms with Gasteiger partial charge in [-0.05, 0) is 29.3 Å². The van der Waals surface area contributed by atoms with Crippen LogP contribution in [0.15, 0.2) is 48.5 Å². The molecule has 3 nitrogen and oxygen atoms in total. The monoisotopic (exact) mass is 289 g/mol. The molecule has 1 saturated heterocycles. The van der Waals surface area contributed by atoms with Crippen molar-refractivity contribution in [2.75, 3.05) is 13.2 Å². The molecule has 2 aromatic rings. The molecule has 0 radical (unpaired) electrons. The molecule has 0 bridgehead atoms. The van der Waals surface area contributed by atoms with Crippen LogP contribution >= 0.6 is 11.6 Å². The summed E-state index contributed by atoms with van der Waals surface area (Å²) in [5.74, 6) is 0. The van der Waals surface area contributed by atoms with Gasteiger partial charge in [0.1, 0.15) is 0 Å². The SMILES string of the molecule is NC(c1ccc(Cl)cc1)c1cccc(C2OCCO2)c1. The summed E-state index contributed by atoms with van der Waals surface area (Å²) >= 11 is 5.90. The van der Waals surface area contributed by atoms with Gasteiger partial charge in [-0.25, -0.2) is 0 Å². The zero-order valence-corrected chi connectivity index (χ0v) is 11.7. The average Bonchev–Trinajstić information content (AvgIpc) is 3.02. The number of halogens is 1. The molecular weight excluding hydrogens is 274 g/mol. The lowest BCUT2D eigenvalue weighted by Gasteiger charge is -2.16. The third kappa shape index (κ3) is 2.86. The van der Waals surface area contributed by atoms with E-state index in [2.05, 4.69) is 0 Å². The molecule has 104 valence electrons. The highest BCUT2D eigenvalue weighted by molar-refractivity contribution is 6.30. The third-order valence-electron chi connectivity index (χ3n) is 3.39. The second kappa shape index (κ2) is 5.94. The summed E-state index contributed by atoms with van der Waals surface area (Å²) in [4.78, 5) is 0. The highest BCUT2D eigenvalue weighted by atomic mass is 35.5. The summed E-state index contributed by atoms with van der Waals surface area (Å²) in [6.07, 6.45) is -0.271. The largest absolute Gasteiger partial charge is 0.346 e. The highest BCUT2D eigenvalue weighted by Crippen LogP contribution is 2.27. The van der Waals surface area contributed by atoms with Crippen molar-refractivity contribution in [3.63, 3.8) is 0 Å². The first-order chi connectivity index (χ1) is 9.74. The maximum absolute atomic E-state index is 6.31. The first-order valence-corrected chi connectivity index (χ1v) is 6.96. The molecule has 0 aromatic heterocycles. The van der Waals surface area contributed by atoms with Gasteiger partial charge in [-0.3, -0.25) is 0 Å². The van der Waals surface area contributed by atoms with Gasteiger partial charge in [0.2, 0.25) is 0 Å². The van der Waals surface area contributed by atoms with E-state index in [-0.39, 0.29) is 12.3 Å². The van der Waals surface area contributed by atoms with Crippen molar-refractivity contribution in [3.05, 3.63) is 70.2 Å². The molecule has 2 aromatic carbocycles. The van der Waals surface area contributed by atoms with E-state index in [9.17, 15) is 0 Å². The van der Waals surface area contributed by atoms with Crippen molar-refractivity contribution < 1.29 is 9.47 Å².